The molecule has 0 N–H and O–H groups in total. The normalized spacial score (nSPS) is 17.9. The molecule has 1 heterocycles. The Morgan fingerprint density at radius 2 is 2.50 bits per heavy atom. The van der Waals surface area contributed by atoms with Crippen molar-refractivity contribution in [3.8, 4) is 0 Å². The molecule has 0 unspecified atom stereocenters. The smallest absolute Gasteiger partial charge is 0.0876 e. The van der Waals surface area contributed by atoms with Crippen LogP contribution in [0.2, 0.25) is 0 Å². The second-order valence-corrected chi connectivity index (χ2v) is 3.34. The molecular weight excluding hydrogens is 192 g/mol. The summed E-state index contributed by atoms with van der Waals surface area (Å²) in [4.78, 5) is 0. The molecule has 0 saturated carbocycles. The molecular formula is C8H13BrO. The molecule has 0 radical (unpaired) electrons. The number of hydrogen-bond donors (Lipinski definition) is 0. The Labute approximate surface area is 70.6 Å². The Hall–Kier alpha value is 0.0200. The summed E-state index contributed by atoms with van der Waals surface area (Å²) in [6, 6.07) is 0. The van der Waals surface area contributed by atoms with E-state index >= 15 is 0 Å². The van der Waals surface area contributed by atoms with E-state index in [0.717, 1.165) is 11.9 Å². The summed E-state index contributed by atoms with van der Waals surface area (Å²) in [6.07, 6.45) is 6.81. The Morgan fingerprint density at radius 3 is 3.10 bits per heavy atom. The molecule has 1 aliphatic heterocycles. The zero-order valence-corrected chi connectivity index (χ0v) is 7.69. The van der Waals surface area contributed by atoms with Crippen molar-refractivity contribution in [2.24, 2.45) is 0 Å². The van der Waals surface area contributed by atoms with Crippen LogP contribution in [0.15, 0.2) is 11.8 Å². The van der Waals surface area contributed by atoms with Crippen LogP contribution in [0, 0.1) is 0 Å². The van der Waals surface area contributed by atoms with Crippen LogP contribution in [0.4, 0.5) is 0 Å². The number of rotatable bonds is 3. The third-order valence-electron chi connectivity index (χ3n) is 1.64. The summed E-state index contributed by atoms with van der Waals surface area (Å²) in [6.45, 7) is 0.914. The highest BCUT2D eigenvalue weighted by atomic mass is 79.9. The largest absolute Gasteiger partial charge is 0.501 e. The van der Waals surface area contributed by atoms with Crippen molar-refractivity contribution < 1.29 is 4.74 Å². The highest BCUT2D eigenvalue weighted by Crippen LogP contribution is 2.16. The van der Waals surface area contributed by atoms with Gasteiger partial charge in [0.05, 0.1) is 12.9 Å². The van der Waals surface area contributed by atoms with Crippen molar-refractivity contribution in [1.29, 1.82) is 0 Å². The molecule has 1 nitrogen and oxygen atoms in total. The van der Waals surface area contributed by atoms with Gasteiger partial charge in [0, 0.05) is 5.33 Å². The van der Waals surface area contributed by atoms with Gasteiger partial charge in [0.25, 0.3) is 0 Å². The van der Waals surface area contributed by atoms with Crippen molar-refractivity contribution in [2.75, 3.05) is 11.9 Å². The Kier molecular flexibility index (Phi) is 3.88. The summed E-state index contributed by atoms with van der Waals surface area (Å²) in [7, 11) is 0. The molecule has 0 aromatic heterocycles. The van der Waals surface area contributed by atoms with E-state index in [2.05, 4.69) is 15.9 Å². The minimum absolute atomic E-state index is 0.914. The van der Waals surface area contributed by atoms with Gasteiger partial charge in [-0.2, -0.15) is 0 Å². The Bertz CT molecular complexity index is 120. The minimum atomic E-state index is 0.914. The molecule has 0 amide bonds. The zero-order valence-electron chi connectivity index (χ0n) is 6.11. The van der Waals surface area contributed by atoms with Crippen molar-refractivity contribution in [2.45, 2.75) is 25.7 Å². The van der Waals surface area contributed by atoms with Crippen molar-refractivity contribution in [3.63, 3.8) is 0 Å². The van der Waals surface area contributed by atoms with Crippen LogP contribution in [0.25, 0.3) is 0 Å². The van der Waals surface area contributed by atoms with Crippen LogP contribution in [0.3, 0.4) is 0 Å². The van der Waals surface area contributed by atoms with E-state index in [-0.39, 0.29) is 0 Å². The molecule has 0 aliphatic carbocycles. The van der Waals surface area contributed by atoms with Gasteiger partial charge in [-0.3, -0.25) is 0 Å². The molecule has 0 aromatic carbocycles. The second-order valence-electron chi connectivity index (χ2n) is 2.54. The van der Waals surface area contributed by atoms with Gasteiger partial charge in [0.2, 0.25) is 0 Å². The molecule has 0 saturated heterocycles. The first-order chi connectivity index (χ1) is 4.93. The van der Waals surface area contributed by atoms with E-state index in [4.69, 9.17) is 4.74 Å². The van der Waals surface area contributed by atoms with Crippen LogP contribution >= 0.6 is 15.9 Å². The number of alkyl halides is 1. The van der Waals surface area contributed by atoms with Crippen molar-refractivity contribution in [3.05, 3.63) is 11.8 Å². The molecule has 0 spiro atoms. The van der Waals surface area contributed by atoms with Gasteiger partial charge in [-0.1, -0.05) is 15.9 Å². The molecule has 10 heavy (non-hydrogen) atoms. The van der Waals surface area contributed by atoms with Gasteiger partial charge in [-0.15, -0.1) is 0 Å². The second kappa shape index (κ2) is 4.78. The third kappa shape index (κ3) is 2.74. The Balaban J connectivity index is 2.18. The quantitative estimate of drug-likeness (QED) is 0.643. The summed E-state index contributed by atoms with van der Waals surface area (Å²) in [5.74, 6) is 0. The molecule has 0 atom stereocenters. The summed E-state index contributed by atoms with van der Waals surface area (Å²) in [5, 5.41) is 1.10. The van der Waals surface area contributed by atoms with Crippen LogP contribution in [0.1, 0.15) is 25.7 Å². The lowest BCUT2D eigenvalue weighted by molar-refractivity contribution is 0.223. The standard InChI is InChI=1S/C8H13BrO/c9-5-1-3-8-4-2-6-10-7-8/h7H,1-6H2. The monoisotopic (exact) mass is 204 g/mol. The fourth-order valence-electron chi connectivity index (χ4n) is 1.10. The number of allylic oxidation sites excluding steroid dienone is 1. The molecule has 2 heteroatoms. The van der Waals surface area contributed by atoms with Gasteiger partial charge in [0.15, 0.2) is 0 Å². The maximum atomic E-state index is 5.20. The first-order valence-corrected chi connectivity index (χ1v) is 4.91. The van der Waals surface area contributed by atoms with E-state index in [0.29, 0.717) is 0 Å². The van der Waals surface area contributed by atoms with E-state index < -0.39 is 0 Å². The topological polar surface area (TPSA) is 9.23 Å². The zero-order chi connectivity index (χ0) is 7.23. The summed E-state index contributed by atoms with van der Waals surface area (Å²) >= 11 is 3.41. The van der Waals surface area contributed by atoms with Gasteiger partial charge in [-0.05, 0) is 31.3 Å². The maximum Gasteiger partial charge on any atom is 0.0876 e. The summed E-state index contributed by atoms with van der Waals surface area (Å²) in [5.41, 5.74) is 1.48. The highest BCUT2D eigenvalue weighted by Gasteiger charge is 2.02. The van der Waals surface area contributed by atoms with E-state index in [1.807, 2.05) is 6.26 Å². The molecule has 1 rings (SSSR count). The minimum Gasteiger partial charge on any atom is -0.501 e. The lowest BCUT2D eigenvalue weighted by atomic mass is 10.1. The van der Waals surface area contributed by atoms with Crippen molar-refractivity contribution in [1.82, 2.24) is 0 Å². The van der Waals surface area contributed by atoms with Crippen molar-refractivity contribution >= 4 is 15.9 Å². The Morgan fingerprint density at radius 1 is 1.60 bits per heavy atom. The molecule has 0 aromatic rings. The first-order valence-electron chi connectivity index (χ1n) is 3.79. The number of halogens is 1. The highest BCUT2D eigenvalue weighted by molar-refractivity contribution is 9.09. The van der Waals surface area contributed by atoms with E-state index in [9.17, 15) is 0 Å². The summed E-state index contributed by atoms with van der Waals surface area (Å²) < 4.78 is 5.20. The molecule has 1 aliphatic rings. The van der Waals surface area contributed by atoms with Crippen LogP contribution < -0.4 is 0 Å². The lowest BCUT2D eigenvalue weighted by Crippen LogP contribution is -1.98. The van der Waals surface area contributed by atoms with Gasteiger partial charge in [-0.25, -0.2) is 0 Å². The maximum absolute atomic E-state index is 5.20. The average molecular weight is 205 g/mol. The third-order valence-corrected chi connectivity index (χ3v) is 2.20. The van der Waals surface area contributed by atoms with E-state index in [1.165, 1.54) is 31.3 Å². The van der Waals surface area contributed by atoms with Gasteiger partial charge >= 0.3 is 0 Å². The van der Waals surface area contributed by atoms with Crippen LogP contribution in [0.5, 0.6) is 0 Å². The fraction of sp³-hybridized carbons (Fsp3) is 0.750. The molecule has 0 bridgehead atoms. The number of hydrogen-bond acceptors (Lipinski definition) is 1. The predicted molar refractivity (Wildman–Crippen MR) is 46.3 cm³/mol. The van der Waals surface area contributed by atoms with Gasteiger partial charge in [0.1, 0.15) is 0 Å². The fourth-order valence-corrected chi connectivity index (χ4v) is 1.38. The predicted octanol–water partition coefficient (Wildman–Crippen LogP) is 2.86. The lowest BCUT2D eigenvalue weighted by Gasteiger charge is -2.12. The van der Waals surface area contributed by atoms with Gasteiger partial charge < -0.3 is 4.74 Å². The first kappa shape index (κ1) is 8.12. The number of ether oxygens (including phenoxy) is 1. The van der Waals surface area contributed by atoms with Crippen LogP contribution in [-0.2, 0) is 4.74 Å². The molecule has 58 valence electrons. The van der Waals surface area contributed by atoms with Crippen LogP contribution in [-0.4, -0.2) is 11.9 Å². The SMILES string of the molecule is BrCCCC1=COCCC1. The average Bonchev–Trinajstić information content (AvgIpc) is 2.03. The molecule has 0 fully saturated rings. The van der Waals surface area contributed by atoms with E-state index in [1.54, 1.807) is 0 Å².